The quantitative estimate of drug-likeness (QED) is 0.0608. The van der Waals surface area contributed by atoms with Gasteiger partial charge in [0.1, 0.15) is 0 Å². The molecule has 0 saturated heterocycles. The number of nitrogens with one attached hydrogen (secondary N) is 2. The molecule has 0 radical (unpaired) electrons. The lowest BCUT2D eigenvalue weighted by atomic mass is 10.1. The van der Waals surface area contributed by atoms with E-state index < -0.39 is 0 Å². The second kappa shape index (κ2) is 35.4. The number of hydrogen-bond acceptors (Lipinski definition) is 2. The predicted octanol–water partition coefficient (Wildman–Crippen LogP) is 11.8. The third kappa shape index (κ3) is 34.4. The van der Waals surface area contributed by atoms with E-state index >= 15 is 0 Å². The van der Waals surface area contributed by atoms with E-state index in [9.17, 15) is 9.59 Å². The summed E-state index contributed by atoms with van der Waals surface area (Å²) in [5.41, 5.74) is 0. The van der Waals surface area contributed by atoms with Crippen LogP contribution in [-0.4, -0.2) is 11.8 Å². The van der Waals surface area contributed by atoms with Gasteiger partial charge in [0.25, 0.3) is 0 Å². The van der Waals surface area contributed by atoms with Crippen LogP contribution in [0.25, 0.3) is 0 Å². The van der Waals surface area contributed by atoms with E-state index in [1.807, 2.05) is 0 Å². The average Bonchev–Trinajstić information content (AvgIpc) is 2.99. The number of rotatable bonds is 32. The van der Waals surface area contributed by atoms with Crippen molar-refractivity contribution < 1.29 is 9.59 Å². The van der Waals surface area contributed by atoms with Crippen molar-refractivity contribution in [1.29, 1.82) is 0 Å². The maximum atomic E-state index is 12.0. The zero-order valence-corrected chi connectivity index (χ0v) is 28.1. The summed E-state index contributed by atoms with van der Waals surface area (Å²) in [7, 11) is 0. The van der Waals surface area contributed by atoms with E-state index in [4.69, 9.17) is 0 Å². The molecule has 0 rings (SSSR count). The third-order valence-corrected chi connectivity index (χ3v) is 7.90. The Morgan fingerprint density at radius 3 is 0.952 bits per heavy atom. The van der Waals surface area contributed by atoms with Gasteiger partial charge in [-0.3, -0.25) is 9.59 Å². The van der Waals surface area contributed by atoms with Gasteiger partial charge in [-0.25, -0.2) is 0 Å². The maximum Gasteiger partial charge on any atom is 0.223 e. The van der Waals surface area contributed by atoms with Gasteiger partial charge in [-0.2, -0.15) is 0 Å². The van der Waals surface area contributed by atoms with Crippen LogP contribution in [0.1, 0.15) is 194 Å². The highest BCUT2D eigenvalue weighted by Gasteiger charge is 2.00. The summed E-state index contributed by atoms with van der Waals surface area (Å²) in [4.78, 5) is 23.9. The van der Waals surface area contributed by atoms with Gasteiger partial charge in [-0.1, -0.05) is 141 Å². The normalized spacial score (nSPS) is 11.8. The van der Waals surface area contributed by atoms with Gasteiger partial charge in [0.15, 0.2) is 0 Å². The molecule has 0 atom stereocenters. The van der Waals surface area contributed by atoms with Crippen LogP contribution >= 0.6 is 0 Å². The lowest BCUT2D eigenvalue weighted by Crippen LogP contribution is -2.20. The smallest absolute Gasteiger partial charge is 0.223 e. The minimum absolute atomic E-state index is 0.0235. The van der Waals surface area contributed by atoms with Crippen LogP contribution in [-0.2, 0) is 9.59 Å². The molecule has 0 aromatic heterocycles. The van der Waals surface area contributed by atoms with Crippen molar-refractivity contribution in [3.05, 3.63) is 36.7 Å². The first-order valence-corrected chi connectivity index (χ1v) is 18.2. The van der Waals surface area contributed by atoms with Crippen molar-refractivity contribution in [2.24, 2.45) is 0 Å². The second-order valence-electron chi connectivity index (χ2n) is 12.1. The Labute approximate surface area is 262 Å². The third-order valence-electron chi connectivity index (χ3n) is 7.90. The minimum Gasteiger partial charge on any atom is -0.331 e. The number of hydrogen-bond donors (Lipinski definition) is 2. The summed E-state index contributed by atoms with van der Waals surface area (Å²) in [6.45, 7) is 4.53. The van der Waals surface area contributed by atoms with Crippen molar-refractivity contribution >= 4 is 11.8 Å². The van der Waals surface area contributed by atoms with Crippen LogP contribution in [0, 0.1) is 0 Å². The van der Waals surface area contributed by atoms with Gasteiger partial charge in [-0.05, 0) is 64.2 Å². The molecular formula is C38H70N2O2. The minimum atomic E-state index is 0.0235. The summed E-state index contributed by atoms with van der Waals surface area (Å²) in [5, 5.41) is 5.52. The lowest BCUT2D eigenvalue weighted by Gasteiger charge is -2.03. The molecule has 0 aliphatic heterocycles. The van der Waals surface area contributed by atoms with Crippen LogP contribution in [0.15, 0.2) is 36.7 Å². The number of allylic oxidation sites excluding steroid dienone is 4. The Hall–Kier alpha value is -1.84. The van der Waals surface area contributed by atoms with Gasteiger partial charge in [-0.15, -0.1) is 0 Å². The van der Waals surface area contributed by atoms with Crippen molar-refractivity contribution in [2.45, 2.75) is 194 Å². The molecular weight excluding hydrogens is 516 g/mol. The van der Waals surface area contributed by atoms with Gasteiger partial charge in [0.05, 0.1) is 0 Å². The standard InChI is InChI=1S/C38H70N2O2/c1-3-5-7-9-11-13-15-17-19-21-23-25-27-29-31-33-37(41)39-35-36-40-38(42)34-32-30-28-26-24-22-20-18-16-14-12-10-8-6-4-2/h17-20,35-36H,3-16,21-34H2,1-2H3,(H,39,41)(H,40,42)/b19-17-,20-18-,36-35?. The molecule has 0 fully saturated rings. The first-order valence-electron chi connectivity index (χ1n) is 18.2. The van der Waals surface area contributed by atoms with E-state index in [-0.39, 0.29) is 11.8 Å². The van der Waals surface area contributed by atoms with Crippen molar-refractivity contribution in [1.82, 2.24) is 10.6 Å². The van der Waals surface area contributed by atoms with Crippen LogP contribution in [0.5, 0.6) is 0 Å². The molecule has 2 amide bonds. The molecule has 0 aliphatic carbocycles. The van der Waals surface area contributed by atoms with E-state index in [2.05, 4.69) is 48.8 Å². The van der Waals surface area contributed by atoms with E-state index in [0.717, 1.165) is 25.7 Å². The topological polar surface area (TPSA) is 58.2 Å². The van der Waals surface area contributed by atoms with Crippen LogP contribution in [0.2, 0.25) is 0 Å². The van der Waals surface area contributed by atoms with Gasteiger partial charge in [0, 0.05) is 25.2 Å². The highest BCUT2D eigenvalue weighted by molar-refractivity contribution is 5.78. The SMILES string of the molecule is CCCCCCCC/C=C\CCCCCCCC(=O)NC=CNC(=O)CCCCCCC/C=C\CCCCCCCC. The molecule has 0 saturated carbocycles. The number of carbonyl (C=O) groups excluding carboxylic acids is 2. The Kier molecular flexibility index (Phi) is 33.8. The Morgan fingerprint density at radius 1 is 0.381 bits per heavy atom. The molecule has 2 N–H and O–H groups in total. The van der Waals surface area contributed by atoms with Gasteiger partial charge < -0.3 is 10.6 Å². The average molecular weight is 587 g/mol. The van der Waals surface area contributed by atoms with Crippen LogP contribution in [0.3, 0.4) is 0 Å². The summed E-state index contributed by atoms with van der Waals surface area (Å²) >= 11 is 0. The molecule has 0 spiro atoms. The second-order valence-corrected chi connectivity index (χ2v) is 12.1. The van der Waals surface area contributed by atoms with Crippen LogP contribution < -0.4 is 10.6 Å². The van der Waals surface area contributed by atoms with Crippen molar-refractivity contribution in [3.8, 4) is 0 Å². The summed E-state index contributed by atoms with van der Waals surface area (Å²) in [6, 6.07) is 0. The molecule has 244 valence electrons. The highest BCUT2D eigenvalue weighted by atomic mass is 16.2. The van der Waals surface area contributed by atoms with Gasteiger partial charge >= 0.3 is 0 Å². The molecule has 0 heterocycles. The Balaban J connectivity index is 3.41. The van der Waals surface area contributed by atoms with Crippen LogP contribution in [0.4, 0.5) is 0 Å². The number of unbranched alkanes of at least 4 members (excludes halogenated alkanes) is 22. The zero-order valence-electron chi connectivity index (χ0n) is 28.1. The van der Waals surface area contributed by atoms with E-state index in [0.29, 0.717) is 12.8 Å². The lowest BCUT2D eigenvalue weighted by molar-refractivity contribution is -0.121. The fraction of sp³-hybridized carbons (Fsp3) is 0.789. The number of carbonyl (C=O) groups is 2. The molecule has 0 aliphatic rings. The first-order chi connectivity index (χ1) is 20.7. The Bertz CT molecular complexity index is 612. The fourth-order valence-corrected chi connectivity index (χ4v) is 5.13. The van der Waals surface area contributed by atoms with Gasteiger partial charge in [0.2, 0.25) is 11.8 Å². The maximum absolute atomic E-state index is 12.0. The van der Waals surface area contributed by atoms with E-state index in [1.165, 1.54) is 141 Å². The molecule has 4 heteroatoms. The first kappa shape index (κ1) is 40.2. The van der Waals surface area contributed by atoms with Crippen molar-refractivity contribution in [3.63, 3.8) is 0 Å². The fourth-order valence-electron chi connectivity index (χ4n) is 5.13. The predicted molar refractivity (Wildman–Crippen MR) is 184 cm³/mol. The molecule has 0 aromatic rings. The molecule has 0 unspecified atom stereocenters. The summed E-state index contributed by atoms with van der Waals surface area (Å²) in [6.07, 6.45) is 46.3. The highest BCUT2D eigenvalue weighted by Crippen LogP contribution is 2.11. The zero-order chi connectivity index (χ0) is 30.6. The molecule has 4 nitrogen and oxygen atoms in total. The molecule has 0 bridgehead atoms. The Morgan fingerprint density at radius 2 is 0.643 bits per heavy atom. The molecule has 42 heavy (non-hydrogen) atoms. The molecule has 0 aromatic carbocycles. The number of amides is 2. The van der Waals surface area contributed by atoms with Crippen molar-refractivity contribution in [2.75, 3.05) is 0 Å². The monoisotopic (exact) mass is 587 g/mol. The largest absolute Gasteiger partial charge is 0.331 e. The van der Waals surface area contributed by atoms with E-state index in [1.54, 1.807) is 12.4 Å². The summed E-state index contributed by atoms with van der Waals surface area (Å²) < 4.78 is 0. The summed E-state index contributed by atoms with van der Waals surface area (Å²) in [5.74, 6) is 0.0470.